The lowest BCUT2D eigenvalue weighted by Crippen LogP contribution is -2.49. The minimum atomic E-state index is -4.34. The van der Waals surface area contributed by atoms with Crippen molar-refractivity contribution in [3.05, 3.63) is 64.2 Å². The van der Waals surface area contributed by atoms with Gasteiger partial charge >= 0.3 is 6.18 Å². The molecule has 10 heteroatoms. The molecule has 30 heavy (non-hydrogen) atoms. The van der Waals surface area contributed by atoms with E-state index in [-0.39, 0.29) is 12.3 Å². The van der Waals surface area contributed by atoms with Crippen molar-refractivity contribution >= 4 is 11.4 Å². The molecule has 0 aromatic heterocycles. The number of rotatable bonds is 7. The van der Waals surface area contributed by atoms with E-state index in [1.54, 1.807) is 0 Å². The molecule has 1 fully saturated rings. The summed E-state index contributed by atoms with van der Waals surface area (Å²) in [4.78, 5) is 14.2. The molecule has 0 amide bonds. The zero-order chi connectivity index (χ0) is 21.7. The van der Waals surface area contributed by atoms with Gasteiger partial charge in [0.05, 0.1) is 10.5 Å². The summed E-state index contributed by atoms with van der Waals surface area (Å²) in [6, 6.07) is 10.8. The molecule has 0 aliphatic carbocycles. The molecule has 1 aliphatic rings. The number of hydrogen-bond donors (Lipinski definition) is 1. The van der Waals surface area contributed by atoms with Crippen LogP contribution in [0.1, 0.15) is 5.56 Å². The summed E-state index contributed by atoms with van der Waals surface area (Å²) in [5.74, 6) is 0.437. The lowest BCUT2D eigenvalue weighted by atomic mass is 10.1. The number of halogens is 3. The van der Waals surface area contributed by atoms with Gasteiger partial charge in [-0.3, -0.25) is 15.0 Å². The number of hydrogen-bond acceptors (Lipinski definition) is 6. The Morgan fingerprint density at radius 1 is 1.03 bits per heavy atom. The maximum Gasteiger partial charge on any atom is 0.416 e. The van der Waals surface area contributed by atoms with Gasteiger partial charge in [0.1, 0.15) is 18.5 Å². The first-order chi connectivity index (χ1) is 14.2. The Hall–Kier alpha value is -2.85. The zero-order valence-corrected chi connectivity index (χ0v) is 16.1. The molecule has 1 N–H and O–H groups in total. The summed E-state index contributed by atoms with van der Waals surface area (Å²) in [6.45, 7) is 3.05. The van der Waals surface area contributed by atoms with Crippen molar-refractivity contribution < 1.29 is 27.9 Å². The Kier molecular flexibility index (Phi) is 6.78. The predicted octanol–water partition coefficient (Wildman–Crippen LogP) is 3.18. The quantitative estimate of drug-likeness (QED) is 0.542. The molecule has 0 bridgehead atoms. The van der Waals surface area contributed by atoms with Crippen LogP contribution in [-0.2, 0) is 6.18 Å². The monoisotopic (exact) mass is 425 g/mol. The van der Waals surface area contributed by atoms with Crippen molar-refractivity contribution in [3.63, 3.8) is 0 Å². The zero-order valence-electron chi connectivity index (χ0n) is 16.1. The highest BCUT2D eigenvalue weighted by molar-refractivity contribution is 5.48. The Labute approximate surface area is 171 Å². The van der Waals surface area contributed by atoms with E-state index in [1.807, 2.05) is 4.90 Å². The summed E-state index contributed by atoms with van der Waals surface area (Å²) in [5.41, 5.74) is 0.0412. The minimum absolute atomic E-state index is 0.0335. The number of alkyl halides is 3. The van der Waals surface area contributed by atoms with Crippen LogP contribution in [-0.4, -0.2) is 60.4 Å². The number of nitro benzene ring substituents is 1. The first-order valence-electron chi connectivity index (χ1n) is 9.42. The normalized spacial score (nSPS) is 16.3. The third-order valence-electron chi connectivity index (χ3n) is 4.89. The molecule has 2 aromatic rings. The van der Waals surface area contributed by atoms with Gasteiger partial charge in [0.15, 0.2) is 0 Å². The van der Waals surface area contributed by atoms with Crippen molar-refractivity contribution in [1.29, 1.82) is 0 Å². The third-order valence-corrected chi connectivity index (χ3v) is 4.89. The number of β-amino-alcohol motifs (C(OH)–C–C–N with tert-alkyl or cyclic N) is 1. The van der Waals surface area contributed by atoms with Crippen molar-refractivity contribution in [3.8, 4) is 5.75 Å². The topological polar surface area (TPSA) is 79.1 Å². The van der Waals surface area contributed by atoms with E-state index in [1.165, 1.54) is 36.4 Å². The van der Waals surface area contributed by atoms with Crippen LogP contribution in [0.25, 0.3) is 0 Å². The van der Waals surface area contributed by atoms with Gasteiger partial charge in [-0.1, -0.05) is 0 Å². The van der Waals surface area contributed by atoms with Gasteiger partial charge in [-0.25, -0.2) is 0 Å². The van der Waals surface area contributed by atoms with Crippen molar-refractivity contribution in [2.24, 2.45) is 0 Å². The van der Waals surface area contributed by atoms with Gasteiger partial charge in [-0.2, -0.15) is 13.2 Å². The first kappa shape index (κ1) is 21.8. The van der Waals surface area contributed by atoms with E-state index >= 15 is 0 Å². The van der Waals surface area contributed by atoms with E-state index < -0.39 is 22.8 Å². The lowest BCUT2D eigenvalue weighted by molar-refractivity contribution is -0.384. The average Bonchev–Trinajstić information content (AvgIpc) is 2.72. The van der Waals surface area contributed by atoms with Crippen LogP contribution in [0.3, 0.4) is 0 Å². The Bertz CT molecular complexity index is 836. The molecule has 1 saturated heterocycles. The highest BCUT2D eigenvalue weighted by Crippen LogP contribution is 2.30. The molecule has 1 heterocycles. The van der Waals surface area contributed by atoms with Gasteiger partial charge in [0.25, 0.3) is 5.69 Å². The number of nitro groups is 1. The predicted molar refractivity (Wildman–Crippen MR) is 105 cm³/mol. The number of ether oxygens (including phenoxy) is 1. The van der Waals surface area contributed by atoms with Crippen molar-refractivity contribution in [2.75, 3.05) is 44.2 Å². The lowest BCUT2D eigenvalue weighted by Gasteiger charge is -2.37. The molecule has 0 radical (unpaired) electrons. The number of benzene rings is 2. The second-order valence-electron chi connectivity index (χ2n) is 7.05. The van der Waals surface area contributed by atoms with E-state index in [4.69, 9.17) is 4.74 Å². The average molecular weight is 425 g/mol. The third kappa shape index (κ3) is 5.83. The van der Waals surface area contributed by atoms with Crippen LogP contribution < -0.4 is 9.64 Å². The first-order valence-corrected chi connectivity index (χ1v) is 9.42. The molecule has 2 aromatic carbocycles. The van der Waals surface area contributed by atoms with Crippen molar-refractivity contribution in [1.82, 2.24) is 4.90 Å². The van der Waals surface area contributed by atoms with Crippen LogP contribution in [0, 0.1) is 10.1 Å². The van der Waals surface area contributed by atoms with Crippen LogP contribution in [0.15, 0.2) is 48.5 Å². The maximum absolute atomic E-state index is 12.7. The second-order valence-corrected chi connectivity index (χ2v) is 7.05. The molecule has 7 nitrogen and oxygen atoms in total. The Balaban J connectivity index is 1.42. The Morgan fingerprint density at radius 2 is 1.63 bits per heavy atom. The SMILES string of the molecule is O=[N+]([O-])c1ccc(OCC(O)CN2CCN(c3ccc(C(F)(F)F)cc3)CC2)cc1. The molecular formula is C20H22F3N3O4. The standard InChI is InChI=1S/C20H22F3N3O4/c21-20(22,23)15-1-3-16(4-2-15)25-11-9-24(10-12-25)13-18(27)14-30-19-7-5-17(6-8-19)26(28)29/h1-8,18,27H,9-14H2. The number of aliphatic hydroxyl groups is 1. The highest BCUT2D eigenvalue weighted by Gasteiger charge is 2.30. The van der Waals surface area contributed by atoms with Gasteiger partial charge in [0, 0.05) is 50.5 Å². The number of anilines is 1. The fraction of sp³-hybridized carbons (Fsp3) is 0.400. The van der Waals surface area contributed by atoms with Crippen LogP contribution in [0.4, 0.5) is 24.5 Å². The van der Waals surface area contributed by atoms with E-state index in [0.717, 1.165) is 17.8 Å². The largest absolute Gasteiger partial charge is 0.491 e. The number of non-ortho nitro benzene ring substituents is 1. The van der Waals surface area contributed by atoms with E-state index in [0.29, 0.717) is 38.5 Å². The second kappa shape index (κ2) is 9.31. The molecule has 3 rings (SSSR count). The fourth-order valence-corrected chi connectivity index (χ4v) is 3.26. The van der Waals surface area contributed by atoms with Crippen molar-refractivity contribution in [2.45, 2.75) is 12.3 Å². The van der Waals surface area contributed by atoms with Gasteiger partial charge in [-0.15, -0.1) is 0 Å². The fourth-order valence-electron chi connectivity index (χ4n) is 3.26. The van der Waals surface area contributed by atoms with E-state index in [9.17, 15) is 28.4 Å². The summed E-state index contributed by atoms with van der Waals surface area (Å²) in [6.07, 6.45) is -5.08. The molecule has 1 unspecified atom stereocenters. The molecule has 1 atom stereocenters. The molecule has 1 aliphatic heterocycles. The molecule has 0 saturated carbocycles. The van der Waals surface area contributed by atoms with Gasteiger partial charge in [-0.05, 0) is 36.4 Å². The van der Waals surface area contributed by atoms with Gasteiger partial charge in [0.2, 0.25) is 0 Å². The van der Waals surface area contributed by atoms with Crippen LogP contribution in [0.5, 0.6) is 5.75 Å². The van der Waals surface area contributed by atoms with Crippen LogP contribution in [0.2, 0.25) is 0 Å². The molecular weight excluding hydrogens is 403 g/mol. The highest BCUT2D eigenvalue weighted by atomic mass is 19.4. The summed E-state index contributed by atoms with van der Waals surface area (Å²) < 4.78 is 43.5. The maximum atomic E-state index is 12.7. The molecule has 0 spiro atoms. The number of aliphatic hydroxyl groups excluding tert-OH is 1. The number of nitrogens with zero attached hydrogens (tertiary/aromatic N) is 3. The van der Waals surface area contributed by atoms with Gasteiger partial charge < -0.3 is 14.7 Å². The number of piperazine rings is 1. The summed E-state index contributed by atoms with van der Waals surface area (Å²) >= 11 is 0. The summed E-state index contributed by atoms with van der Waals surface area (Å²) in [7, 11) is 0. The van der Waals surface area contributed by atoms with E-state index in [2.05, 4.69) is 4.90 Å². The minimum Gasteiger partial charge on any atom is -0.491 e. The summed E-state index contributed by atoms with van der Waals surface area (Å²) in [5, 5.41) is 20.8. The smallest absolute Gasteiger partial charge is 0.416 e. The molecule has 162 valence electrons. The Morgan fingerprint density at radius 3 is 2.17 bits per heavy atom. The van der Waals surface area contributed by atoms with Crippen LogP contribution >= 0.6 is 0 Å².